The van der Waals surface area contributed by atoms with Crippen molar-refractivity contribution in [2.24, 2.45) is 0 Å². The molecule has 144 valence electrons. The topological polar surface area (TPSA) is 95.3 Å². The van der Waals surface area contributed by atoms with Crippen molar-refractivity contribution in [3.63, 3.8) is 0 Å². The van der Waals surface area contributed by atoms with E-state index in [1.165, 1.54) is 26.4 Å². The molecule has 0 amide bonds. The number of ether oxygens (including phenoxy) is 2. The number of hydrogen-bond donors (Lipinski definition) is 1. The highest BCUT2D eigenvalue weighted by Crippen LogP contribution is 2.29. The number of rotatable bonds is 7. The van der Waals surface area contributed by atoms with E-state index in [0.717, 1.165) is 11.2 Å². The molecule has 3 rings (SSSR count). The van der Waals surface area contributed by atoms with Crippen molar-refractivity contribution < 1.29 is 17.9 Å². The minimum absolute atomic E-state index is 0.0468. The molecular weight excluding hydrogens is 368 g/mol. The van der Waals surface area contributed by atoms with E-state index in [1.54, 1.807) is 18.3 Å². The maximum Gasteiger partial charge on any atom is 0.241 e. The molecule has 8 nitrogen and oxygen atoms in total. The van der Waals surface area contributed by atoms with Crippen LogP contribution in [0.5, 0.6) is 11.5 Å². The van der Waals surface area contributed by atoms with E-state index in [-0.39, 0.29) is 17.5 Å². The lowest BCUT2D eigenvalue weighted by Crippen LogP contribution is -2.25. The number of methoxy groups -OCH3 is 2. The SMILES string of the molecule is COc1ccc(S(=O)(=O)NCc2nc3cccnc3n2C(C)C)cc1OC. The molecule has 0 atom stereocenters. The van der Waals surface area contributed by atoms with Crippen LogP contribution in [0.1, 0.15) is 25.7 Å². The van der Waals surface area contributed by atoms with E-state index < -0.39 is 10.0 Å². The first-order chi connectivity index (χ1) is 12.9. The Labute approximate surface area is 158 Å². The predicted octanol–water partition coefficient (Wildman–Crippen LogP) is 2.51. The highest BCUT2D eigenvalue weighted by atomic mass is 32.2. The van der Waals surface area contributed by atoms with Gasteiger partial charge < -0.3 is 14.0 Å². The predicted molar refractivity (Wildman–Crippen MR) is 101 cm³/mol. The average molecular weight is 390 g/mol. The summed E-state index contributed by atoms with van der Waals surface area (Å²) in [5, 5.41) is 0. The number of sulfonamides is 1. The Morgan fingerprint density at radius 3 is 2.56 bits per heavy atom. The molecule has 2 heterocycles. The maximum atomic E-state index is 12.7. The van der Waals surface area contributed by atoms with E-state index in [9.17, 15) is 8.42 Å². The first-order valence-electron chi connectivity index (χ1n) is 8.41. The summed E-state index contributed by atoms with van der Waals surface area (Å²) in [6.07, 6.45) is 1.69. The zero-order valence-corrected chi connectivity index (χ0v) is 16.4. The molecule has 3 aromatic rings. The van der Waals surface area contributed by atoms with Crippen molar-refractivity contribution in [3.8, 4) is 11.5 Å². The van der Waals surface area contributed by atoms with Gasteiger partial charge in [-0.05, 0) is 38.1 Å². The molecule has 9 heteroatoms. The summed E-state index contributed by atoms with van der Waals surface area (Å²) >= 11 is 0. The molecule has 0 aliphatic rings. The molecule has 0 bridgehead atoms. The molecular formula is C18H22N4O4S. The Balaban J connectivity index is 1.90. The quantitative estimate of drug-likeness (QED) is 0.666. The second-order valence-electron chi connectivity index (χ2n) is 6.18. The third-order valence-electron chi connectivity index (χ3n) is 4.12. The first kappa shape index (κ1) is 19.1. The number of hydrogen-bond acceptors (Lipinski definition) is 6. The van der Waals surface area contributed by atoms with Crippen LogP contribution in [0.25, 0.3) is 11.2 Å². The summed E-state index contributed by atoms with van der Waals surface area (Å²) in [5.41, 5.74) is 1.46. The molecule has 0 radical (unpaired) electrons. The lowest BCUT2D eigenvalue weighted by Gasteiger charge is -2.14. The molecule has 0 saturated carbocycles. The van der Waals surface area contributed by atoms with Gasteiger partial charge in [-0.1, -0.05) is 0 Å². The van der Waals surface area contributed by atoms with E-state index in [4.69, 9.17) is 9.47 Å². The summed E-state index contributed by atoms with van der Waals surface area (Å²) in [7, 11) is -0.802. The Morgan fingerprint density at radius 2 is 1.89 bits per heavy atom. The normalized spacial score (nSPS) is 11.9. The van der Waals surface area contributed by atoms with Crippen LogP contribution in [0.3, 0.4) is 0 Å². The molecule has 0 fully saturated rings. The number of pyridine rings is 1. The van der Waals surface area contributed by atoms with Gasteiger partial charge in [-0.3, -0.25) is 0 Å². The minimum Gasteiger partial charge on any atom is -0.493 e. The van der Waals surface area contributed by atoms with E-state index >= 15 is 0 Å². The maximum absolute atomic E-state index is 12.7. The van der Waals surface area contributed by atoms with Crippen LogP contribution in [-0.4, -0.2) is 37.2 Å². The van der Waals surface area contributed by atoms with Crippen molar-refractivity contribution in [1.29, 1.82) is 0 Å². The molecule has 27 heavy (non-hydrogen) atoms. The molecule has 1 N–H and O–H groups in total. The first-order valence-corrected chi connectivity index (χ1v) is 9.89. The van der Waals surface area contributed by atoms with E-state index in [0.29, 0.717) is 17.3 Å². The van der Waals surface area contributed by atoms with Gasteiger partial charge in [0.15, 0.2) is 17.1 Å². The summed E-state index contributed by atoms with van der Waals surface area (Å²) < 4.78 is 40.3. The number of fused-ring (bicyclic) bond motifs is 1. The third-order valence-corrected chi connectivity index (χ3v) is 5.52. The monoisotopic (exact) mass is 390 g/mol. The van der Waals surface area contributed by atoms with Crippen LogP contribution in [0, 0.1) is 0 Å². The fraction of sp³-hybridized carbons (Fsp3) is 0.333. The van der Waals surface area contributed by atoms with Gasteiger partial charge in [-0.15, -0.1) is 0 Å². The molecule has 0 saturated heterocycles. The zero-order chi connectivity index (χ0) is 19.6. The van der Waals surface area contributed by atoms with Crippen LogP contribution in [0.15, 0.2) is 41.4 Å². The molecule has 0 aliphatic heterocycles. The number of aromatic nitrogens is 3. The van der Waals surface area contributed by atoms with Crippen molar-refractivity contribution in [1.82, 2.24) is 19.3 Å². The highest BCUT2D eigenvalue weighted by Gasteiger charge is 2.20. The molecule has 0 spiro atoms. The summed E-state index contributed by atoms with van der Waals surface area (Å²) in [6, 6.07) is 8.20. The fourth-order valence-electron chi connectivity index (χ4n) is 2.87. The summed E-state index contributed by atoms with van der Waals surface area (Å²) in [5.74, 6) is 1.41. The smallest absolute Gasteiger partial charge is 0.241 e. The van der Waals surface area contributed by atoms with Gasteiger partial charge >= 0.3 is 0 Å². The van der Waals surface area contributed by atoms with E-state index in [2.05, 4.69) is 14.7 Å². The van der Waals surface area contributed by atoms with Crippen molar-refractivity contribution >= 4 is 21.2 Å². The van der Waals surface area contributed by atoms with Crippen LogP contribution in [0.2, 0.25) is 0 Å². The van der Waals surface area contributed by atoms with Crippen LogP contribution >= 0.6 is 0 Å². The van der Waals surface area contributed by atoms with Crippen LogP contribution < -0.4 is 14.2 Å². The molecule has 0 aliphatic carbocycles. The summed E-state index contributed by atoms with van der Waals surface area (Å²) in [4.78, 5) is 8.97. The Morgan fingerprint density at radius 1 is 1.15 bits per heavy atom. The van der Waals surface area contributed by atoms with Crippen LogP contribution in [-0.2, 0) is 16.6 Å². The summed E-state index contributed by atoms with van der Waals surface area (Å²) in [6.45, 7) is 4.05. The van der Waals surface area contributed by atoms with Gasteiger partial charge in [0.1, 0.15) is 11.3 Å². The Bertz CT molecular complexity index is 1060. The third kappa shape index (κ3) is 3.74. The lowest BCUT2D eigenvalue weighted by molar-refractivity contribution is 0.354. The second-order valence-corrected chi connectivity index (χ2v) is 7.95. The number of nitrogens with zero attached hydrogens (tertiary/aromatic N) is 3. The largest absolute Gasteiger partial charge is 0.493 e. The van der Waals surface area contributed by atoms with Gasteiger partial charge in [0.25, 0.3) is 0 Å². The number of nitrogens with one attached hydrogen (secondary N) is 1. The van der Waals surface area contributed by atoms with Crippen molar-refractivity contribution in [2.75, 3.05) is 14.2 Å². The van der Waals surface area contributed by atoms with Crippen LogP contribution in [0.4, 0.5) is 0 Å². The average Bonchev–Trinajstić information content (AvgIpc) is 3.04. The lowest BCUT2D eigenvalue weighted by atomic mass is 10.3. The van der Waals surface area contributed by atoms with E-state index in [1.807, 2.05) is 24.5 Å². The number of benzene rings is 1. The molecule has 2 aromatic heterocycles. The molecule has 1 aromatic carbocycles. The zero-order valence-electron chi connectivity index (χ0n) is 15.6. The van der Waals surface area contributed by atoms with Gasteiger partial charge in [0.2, 0.25) is 10.0 Å². The second kappa shape index (κ2) is 7.53. The van der Waals surface area contributed by atoms with Gasteiger partial charge in [-0.2, -0.15) is 0 Å². The van der Waals surface area contributed by atoms with Gasteiger partial charge in [-0.25, -0.2) is 23.1 Å². The fourth-order valence-corrected chi connectivity index (χ4v) is 3.87. The van der Waals surface area contributed by atoms with Crippen molar-refractivity contribution in [3.05, 3.63) is 42.4 Å². The minimum atomic E-state index is -3.76. The number of imidazole rings is 1. The Kier molecular flexibility index (Phi) is 5.33. The van der Waals surface area contributed by atoms with Crippen molar-refractivity contribution in [2.45, 2.75) is 31.3 Å². The van der Waals surface area contributed by atoms with Gasteiger partial charge in [0.05, 0.1) is 25.7 Å². The van der Waals surface area contributed by atoms with Gasteiger partial charge in [0, 0.05) is 18.3 Å². The standard InChI is InChI=1S/C18H22N4O4S/c1-12(2)22-17(21-14-6-5-9-19-18(14)22)11-20-27(23,24)13-7-8-15(25-3)16(10-13)26-4/h5-10,12,20H,11H2,1-4H3. The highest BCUT2D eigenvalue weighted by molar-refractivity contribution is 7.89. The Hall–Kier alpha value is -2.65. The molecule has 0 unspecified atom stereocenters.